The van der Waals surface area contributed by atoms with Crippen LogP contribution in [0.4, 0.5) is 10.5 Å². The summed E-state index contributed by atoms with van der Waals surface area (Å²) in [6, 6.07) is 15.7. The number of carbonyl (C=O) groups is 1. The van der Waals surface area contributed by atoms with Crippen LogP contribution in [0, 0.1) is 0 Å². The van der Waals surface area contributed by atoms with Gasteiger partial charge in [0.2, 0.25) is 0 Å². The molecular weight excluding hydrogens is 448 g/mol. The molecule has 0 spiro atoms. The Morgan fingerprint density at radius 2 is 1.91 bits per heavy atom. The van der Waals surface area contributed by atoms with Crippen molar-refractivity contribution in [1.29, 1.82) is 0 Å². The van der Waals surface area contributed by atoms with E-state index in [9.17, 15) is 4.79 Å². The molecule has 0 saturated carbocycles. The molecule has 0 bridgehead atoms. The number of methoxy groups -OCH3 is 1. The summed E-state index contributed by atoms with van der Waals surface area (Å²) in [6.45, 7) is 9.30. The number of hydrogen-bond acceptors (Lipinski definition) is 4. The summed E-state index contributed by atoms with van der Waals surface area (Å²) in [4.78, 5) is 19.4. The molecule has 34 heavy (non-hydrogen) atoms. The Morgan fingerprint density at radius 3 is 2.59 bits per heavy atom. The van der Waals surface area contributed by atoms with Crippen molar-refractivity contribution < 1.29 is 9.53 Å². The van der Waals surface area contributed by atoms with E-state index in [-0.39, 0.29) is 17.6 Å². The van der Waals surface area contributed by atoms with Crippen molar-refractivity contribution in [3.63, 3.8) is 0 Å². The SMILES string of the molecule is COc1cc(NC(C)CCCN(Cc2ccc(Cl)cc2)C(=O)NC(C)(C)C)c2ncccc2c1. The van der Waals surface area contributed by atoms with Crippen LogP contribution in [0.15, 0.2) is 54.7 Å². The van der Waals surface area contributed by atoms with E-state index in [4.69, 9.17) is 16.3 Å². The quantitative estimate of drug-likeness (QED) is 0.366. The van der Waals surface area contributed by atoms with Gasteiger partial charge in [-0.1, -0.05) is 29.8 Å². The predicted molar refractivity (Wildman–Crippen MR) is 141 cm³/mol. The Morgan fingerprint density at radius 1 is 1.18 bits per heavy atom. The van der Waals surface area contributed by atoms with Crippen LogP contribution in [-0.2, 0) is 6.54 Å². The first-order chi connectivity index (χ1) is 16.1. The van der Waals surface area contributed by atoms with Crippen molar-refractivity contribution in [3.8, 4) is 5.75 Å². The summed E-state index contributed by atoms with van der Waals surface area (Å²) in [5.41, 5.74) is 2.62. The van der Waals surface area contributed by atoms with Crippen LogP contribution < -0.4 is 15.4 Å². The van der Waals surface area contributed by atoms with Crippen LogP contribution in [0.2, 0.25) is 5.02 Å². The number of halogens is 1. The highest BCUT2D eigenvalue weighted by Gasteiger charge is 2.20. The standard InChI is InChI=1S/C27H35ClN4O2/c1-19(30-24-17-23(34-5)16-21-9-6-14-29-25(21)24)8-7-15-32(26(33)31-27(2,3)4)18-20-10-12-22(28)13-11-20/h6,9-14,16-17,19,30H,7-8,15,18H2,1-5H3,(H,31,33). The second kappa shape index (κ2) is 11.4. The van der Waals surface area contributed by atoms with E-state index < -0.39 is 0 Å². The molecule has 1 unspecified atom stereocenters. The fourth-order valence-electron chi connectivity index (χ4n) is 3.78. The van der Waals surface area contributed by atoms with Gasteiger partial charge in [0.1, 0.15) is 5.75 Å². The van der Waals surface area contributed by atoms with E-state index in [1.54, 1.807) is 13.3 Å². The van der Waals surface area contributed by atoms with Gasteiger partial charge >= 0.3 is 6.03 Å². The Labute approximate surface area is 207 Å². The molecule has 0 aliphatic carbocycles. The van der Waals surface area contributed by atoms with Crippen molar-refractivity contribution >= 4 is 34.2 Å². The Kier molecular flexibility index (Phi) is 8.61. The lowest BCUT2D eigenvalue weighted by molar-refractivity contribution is 0.184. The maximum absolute atomic E-state index is 13.0. The zero-order valence-corrected chi connectivity index (χ0v) is 21.4. The number of ether oxygens (including phenoxy) is 1. The first-order valence-electron chi connectivity index (χ1n) is 11.7. The predicted octanol–water partition coefficient (Wildman–Crippen LogP) is 6.49. The summed E-state index contributed by atoms with van der Waals surface area (Å²) in [6.07, 6.45) is 3.55. The van der Waals surface area contributed by atoms with E-state index in [0.717, 1.165) is 40.7 Å². The van der Waals surface area contributed by atoms with Gasteiger partial charge in [0, 0.05) is 47.3 Å². The Balaban J connectivity index is 1.64. The molecule has 1 atom stereocenters. The molecule has 0 aliphatic rings. The van der Waals surface area contributed by atoms with Crippen LogP contribution in [0.5, 0.6) is 5.75 Å². The van der Waals surface area contributed by atoms with Gasteiger partial charge < -0.3 is 20.3 Å². The average molecular weight is 483 g/mol. The fourth-order valence-corrected chi connectivity index (χ4v) is 3.91. The number of hydrogen-bond donors (Lipinski definition) is 2. The second-order valence-corrected chi connectivity index (χ2v) is 10.1. The summed E-state index contributed by atoms with van der Waals surface area (Å²) in [5, 5.41) is 8.39. The largest absolute Gasteiger partial charge is 0.497 e. The molecule has 7 heteroatoms. The maximum atomic E-state index is 13.0. The number of fused-ring (bicyclic) bond motifs is 1. The Bertz CT molecular complexity index is 1100. The third-order valence-electron chi connectivity index (χ3n) is 5.44. The van der Waals surface area contributed by atoms with Gasteiger partial charge in [-0.25, -0.2) is 4.79 Å². The summed E-state index contributed by atoms with van der Waals surface area (Å²) < 4.78 is 5.46. The highest BCUT2D eigenvalue weighted by molar-refractivity contribution is 6.30. The lowest BCUT2D eigenvalue weighted by Gasteiger charge is -2.29. The number of nitrogens with zero attached hydrogens (tertiary/aromatic N) is 2. The fraction of sp³-hybridized carbons (Fsp3) is 0.407. The van der Waals surface area contributed by atoms with Crippen molar-refractivity contribution in [1.82, 2.24) is 15.2 Å². The summed E-state index contributed by atoms with van der Waals surface area (Å²) in [5.74, 6) is 0.795. The van der Waals surface area contributed by atoms with Crippen molar-refractivity contribution in [2.45, 2.75) is 58.7 Å². The molecule has 0 saturated heterocycles. The lowest BCUT2D eigenvalue weighted by atomic mass is 10.1. The van der Waals surface area contributed by atoms with Crippen LogP contribution in [0.25, 0.3) is 10.9 Å². The minimum absolute atomic E-state index is 0.0638. The van der Waals surface area contributed by atoms with Gasteiger partial charge in [0.15, 0.2) is 0 Å². The molecule has 3 aromatic rings. The molecule has 0 fully saturated rings. The maximum Gasteiger partial charge on any atom is 0.318 e. The minimum Gasteiger partial charge on any atom is -0.497 e. The monoisotopic (exact) mass is 482 g/mol. The van der Waals surface area contributed by atoms with Gasteiger partial charge in [0.05, 0.1) is 18.3 Å². The normalized spacial score (nSPS) is 12.3. The van der Waals surface area contributed by atoms with E-state index in [2.05, 4.69) is 22.5 Å². The average Bonchev–Trinajstić information content (AvgIpc) is 2.78. The molecule has 182 valence electrons. The van der Waals surface area contributed by atoms with Crippen LogP contribution >= 0.6 is 11.6 Å². The first-order valence-corrected chi connectivity index (χ1v) is 12.0. The third kappa shape index (κ3) is 7.52. The molecule has 1 heterocycles. The highest BCUT2D eigenvalue weighted by Crippen LogP contribution is 2.28. The molecule has 2 N–H and O–H groups in total. The first kappa shape index (κ1) is 25.6. The van der Waals surface area contributed by atoms with Crippen molar-refractivity contribution in [3.05, 3.63) is 65.3 Å². The lowest BCUT2D eigenvalue weighted by Crippen LogP contribution is -2.48. The van der Waals surface area contributed by atoms with E-state index in [0.29, 0.717) is 18.1 Å². The number of nitrogens with one attached hydrogen (secondary N) is 2. The topological polar surface area (TPSA) is 66.5 Å². The second-order valence-electron chi connectivity index (χ2n) is 9.67. The minimum atomic E-state index is -0.301. The smallest absolute Gasteiger partial charge is 0.318 e. The van der Waals surface area contributed by atoms with Crippen molar-refractivity contribution in [2.24, 2.45) is 0 Å². The van der Waals surface area contributed by atoms with Gasteiger partial charge in [-0.05, 0) is 70.4 Å². The van der Waals surface area contributed by atoms with Crippen LogP contribution in [0.3, 0.4) is 0 Å². The summed E-state index contributed by atoms with van der Waals surface area (Å²) in [7, 11) is 1.67. The highest BCUT2D eigenvalue weighted by atomic mass is 35.5. The molecule has 1 aromatic heterocycles. The van der Waals surface area contributed by atoms with E-state index in [1.165, 1.54) is 0 Å². The zero-order chi connectivity index (χ0) is 24.7. The number of aromatic nitrogens is 1. The van der Waals surface area contributed by atoms with Crippen LogP contribution in [0.1, 0.15) is 46.1 Å². The zero-order valence-electron chi connectivity index (χ0n) is 20.7. The number of carbonyl (C=O) groups excluding carboxylic acids is 1. The number of amides is 2. The number of anilines is 1. The van der Waals surface area contributed by atoms with Gasteiger partial charge in [-0.15, -0.1) is 0 Å². The number of rotatable bonds is 9. The molecular formula is C27H35ClN4O2. The van der Waals surface area contributed by atoms with Gasteiger partial charge in [-0.2, -0.15) is 0 Å². The van der Waals surface area contributed by atoms with Gasteiger partial charge in [-0.3, -0.25) is 4.98 Å². The van der Waals surface area contributed by atoms with Crippen LogP contribution in [-0.4, -0.2) is 41.2 Å². The molecule has 6 nitrogen and oxygen atoms in total. The van der Waals surface area contributed by atoms with Crippen molar-refractivity contribution in [2.75, 3.05) is 19.0 Å². The number of urea groups is 1. The van der Waals surface area contributed by atoms with E-state index >= 15 is 0 Å². The molecule has 2 aromatic carbocycles. The molecule has 2 amide bonds. The van der Waals surface area contributed by atoms with Gasteiger partial charge in [0.25, 0.3) is 0 Å². The molecule has 3 rings (SSSR count). The Hall–Kier alpha value is -2.99. The van der Waals surface area contributed by atoms with E-state index in [1.807, 2.05) is 74.2 Å². The summed E-state index contributed by atoms with van der Waals surface area (Å²) >= 11 is 6.03. The number of pyridine rings is 1. The molecule has 0 aliphatic heterocycles. The number of benzene rings is 2. The molecule has 0 radical (unpaired) electrons. The third-order valence-corrected chi connectivity index (χ3v) is 5.69.